The summed E-state index contributed by atoms with van der Waals surface area (Å²) in [5.41, 5.74) is 3.77. The quantitative estimate of drug-likeness (QED) is 0.571. The van der Waals surface area contributed by atoms with Gasteiger partial charge < -0.3 is 4.79 Å². The molecule has 1 unspecified atom stereocenters. The number of halogens is 1. The van der Waals surface area contributed by atoms with E-state index >= 15 is 0 Å². The minimum atomic E-state index is -0.167. The topological polar surface area (TPSA) is 30.0 Å². The number of nitrogens with zero attached hydrogens (tertiary/aromatic N) is 1. The van der Waals surface area contributed by atoms with E-state index in [1.54, 1.807) is 0 Å². The molecule has 3 rings (SSSR count). The number of hydrogen-bond donors (Lipinski definition) is 0. The van der Waals surface area contributed by atoms with Crippen molar-refractivity contribution in [2.24, 2.45) is 0 Å². The number of carbonyl (C=O) groups is 1. The Morgan fingerprint density at radius 2 is 1.88 bits per heavy atom. The first-order valence-corrected chi connectivity index (χ1v) is 8.16. The third-order valence-corrected chi connectivity index (χ3v) is 4.16. The molecule has 0 amide bonds. The molecule has 0 aliphatic rings. The van der Waals surface area contributed by atoms with Crippen LogP contribution in [0.15, 0.2) is 54.6 Å². The summed E-state index contributed by atoms with van der Waals surface area (Å²) in [5, 5.41) is 1.74. The van der Waals surface area contributed by atoms with Crippen molar-refractivity contribution < 1.29 is 4.79 Å². The van der Waals surface area contributed by atoms with E-state index in [0.717, 1.165) is 34.0 Å². The largest absolute Gasteiger partial charge is 0.303 e. The van der Waals surface area contributed by atoms with Gasteiger partial charge in [0.05, 0.1) is 11.2 Å². The van der Waals surface area contributed by atoms with Crippen LogP contribution in [0.5, 0.6) is 0 Å². The minimum absolute atomic E-state index is 0.167. The van der Waals surface area contributed by atoms with Crippen LogP contribution in [0.2, 0.25) is 5.02 Å². The lowest BCUT2D eigenvalue weighted by atomic mass is 9.96. The van der Waals surface area contributed by atoms with Gasteiger partial charge in [-0.3, -0.25) is 0 Å². The molecule has 0 aliphatic carbocycles. The van der Waals surface area contributed by atoms with Crippen LogP contribution < -0.4 is 0 Å². The Morgan fingerprint density at radius 3 is 2.67 bits per heavy atom. The molecule has 1 aromatic heterocycles. The van der Waals surface area contributed by atoms with Gasteiger partial charge in [-0.05, 0) is 41.8 Å². The highest BCUT2D eigenvalue weighted by molar-refractivity contribution is 6.31. The van der Waals surface area contributed by atoms with Crippen LogP contribution in [0.25, 0.3) is 23.1 Å². The van der Waals surface area contributed by atoms with E-state index in [1.165, 1.54) is 0 Å². The Bertz CT molecular complexity index is 901. The lowest BCUT2D eigenvalue weighted by Gasteiger charge is -2.07. The number of hydrogen-bond acceptors (Lipinski definition) is 2. The Hall–Kier alpha value is -2.45. The summed E-state index contributed by atoms with van der Waals surface area (Å²) in [4.78, 5) is 15.7. The highest BCUT2D eigenvalue weighted by Crippen LogP contribution is 2.20. The maximum absolute atomic E-state index is 11.1. The lowest BCUT2D eigenvalue weighted by Crippen LogP contribution is -1.98. The molecule has 0 spiro atoms. The molecule has 2 aromatic carbocycles. The molecule has 0 fully saturated rings. The van der Waals surface area contributed by atoms with Gasteiger partial charge in [-0.2, -0.15) is 0 Å². The van der Waals surface area contributed by atoms with Gasteiger partial charge in [0.1, 0.15) is 6.29 Å². The number of pyridine rings is 1. The molecule has 0 bridgehead atoms. The summed E-state index contributed by atoms with van der Waals surface area (Å²) >= 11 is 6.03. The van der Waals surface area contributed by atoms with Crippen molar-refractivity contribution >= 4 is 40.9 Å². The second-order valence-electron chi connectivity index (χ2n) is 5.57. The van der Waals surface area contributed by atoms with Crippen LogP contribution in [-0.4, -0.2) is 11.3 Å². The summed E-state index contributed by atoms with van der Waals surface area (Å²) in [6.07, 6.45) is 6.81. The van der Waals surface area contributed by atoms with Crippen LogP contribution in [0.4, 0.5) is 0 Å². The fourth-order valence-corrected chi connectivity index (χ4v) is 2.77. The molecule has 1 radical (unpaired) electrons. The Morgan fingerprint density at radius 1 is 1.04 bits per heavy atom. The third kappa shape index (κ3) is 3.72. The smallest absolute Gasteiger partial charge is 0.127 e. The predicted octanol–water partition coefficient (Wildman–Crippen LogP) is 5.57. The van der Waals surface area contributed by atoms with E-state index in [9.17, 15) is 4.79 Å². The zero-order valence-electron chi connectivity index (χ0n) is 13.3. The molecular weight excluding hydrogens is 318 g/mol. The maximum atomic E-state index is 11.1. The fraction of sp³-hybridized carbons (Fsp3) is 0.0952. The third-order valence-electron chi connectivity index (χ3n) is 3.92. The summed E-state index contributed by atoms with van der Waals surface area (Å²) < 4.78 is 0. The number of aromatic nitrogens is 1. The van der Waals surface area contributed by atoms with E-state index in [2.05, 4.69) is 4.98 Å². The summed E-state index contributed by atoms with van der Waals surface area (Å²) in [5.74, 6) is -0.167. The first-order chi connectivity index (χ1) is 11.7. The van der Waals surface area contributed by atoms with Gasteiger partial charge in [-0.15, -0.1) is 0 Å². The number of rotatable bonds is 5. The Kier molecular flexibility index (Phi) is 5.07. The van der Waals surface area contributed by atoms with Crippen LogP contribution in [0.3, 0.4) is 0 Å². The van der Waals surface area contributed by atoms with E-state index < -0.39 is 0 Å². The van der Waals surface area contributed by atoms with Gasteiger partial charge in [-0.25, -0.2) is 4.98 Å². The average molecular weight is 335 g/mol. The fourth-order valence-electron chi connectivity index (χ4n) is 2.60. The molecule has 0 saturated carbocycles. The number of aldehydes is 1. The highest BCUT2D eigenvalue weighted by atomic mass is 35.5. The molecule has 2 nitrogen and oxygen atoms in total. The van der Waals surface area contributed by atoms with Crippen LogP contribution in [0, 0.1) is 6.42 Å². The first kappa shape index (κ1) is 16.4. The van der Waals surface area contributed by atoms with Gasteiger partial charge in [0.15, 0.2) is 0 Å². The van der Waals surface area contributed by atoms with Crippen LogP contribution in [-0.2, 0) is 4.79 Å². The summed E-state index contributed by atoms with van der Waals surface area (Å²) in [6, 6.07) is 17.6. The van der Waals surface area contributed by atoms with Gasteiger partial charge in [0, 0.05) is 16.3 Å². The van der Waals surface area contributed by atoms with E-state index in [4.69, 9.17) is 11.6 Å². The summed E-state index contributed by atoms with van der Waals surface area (Å²) in [6.45, 7) is 1.89. The number of benzene rings is 2. The van der Waals surface area contributed by atoms with Crippen molar-refractivity contribution in [2.45, 2.75) is 12.8 Å². The van der Waals surface area contributed by atoms with Crippen molar-refractivity contribution in [3.8, 4) is 0 Å². The molecule has 24 heavy (non-hydrogen) atoms. The molecule has 1 atom stereocenters. The molecule has 119 valence electrons. The number of fused-ring (bicyclic) bond motifs is 1. The highest BCUT2D eigenvalue weighted by Gasteiger charge is 2.07. The van der Waals surface area contributed by atoms with Gasteiger partial charge >= 0.3 is 0 Å². The standard InChI is InChI=1S/C21H17ClNO/c1-2-16(14-24)18-5-3-4-15(12-18)6-10-20-11-8-17-7-9-19(22)13-21(17)23-20/h2-14,16H,1H3. The second kappa shape index (κ2) is 7.41. The zero-order chi connectivity index (χ0) is 16.9. The molecule has 3 heteroatoms. The van der Waals surface area contributed by atoms with Crippen LogP contribution in [0.1, 0.15) is 29.7 Å². The van der Waals surface area contributed by atoms with Gasteiger partial charge in [0.2, 0.25) is 0 Å². The Balaban J connectivity index is 1.88. The van der Waals surface area contributed by atoms with Crippen molar-refractivity contribution in [2.75, 3.05) is 0 Å². The average Bonchev–Trinajstić information content (AvgIpc) is 2.61. The normalized spacial score (nSPS) is 12.6. The molecular formula is C21H17ClNO. The monoisotopic (exact) mass is 334 g/mol. The van der Waals surface area contributed by atoms with Crippen molar-refractivity contribution in [1.29, 1.82) is 0 Å². The second-order valence-corrected chi connectivity index (χ2v) is 6.01. The SMILES string of the molecule is C[CH]C(C=O)c1cccc(C=Cc2ccc3ccc(Cl)cc3n2)c1. The number of carbonyl (C=O) groups excluding carboxylic acids is 1. The molecule has 0 aliphatic heterocycles. The first-order valence-electron chi connectivity index (χ1n) is 7.79. The van der Waals surface area contributed by atoms with Crippen molar-refractivity contribution in [3.05, 3.63) is 82.9 Å². The molecule has 0 N–H and O–H groups in total. The van der Waals surface area contributed by atoms with Crippen LogP contribution >= 0.6 is 11.6 Å². The molecule has 1 heterocycles. The summed E-state index contributed by atoms with van der Waals surface area (Å²) in [7, 11) is 0. The maximum Gasteiger partial charge on any atom is 0.127 e. The van der Waals surface area contributed by atoms with Crippen molar-refractivity contribution in [1.82, 2.24) is 4.98 Å². The lowest BCUT2D eigenvalue weighted by molar-refractivity contribution is -0.108. The zero-order valence-corrected chi connectivity index (χ0v) is 14.1. The van der Waals surface area contributed by atoms with Gasteiger partial charge in [-0.1, -0.05) is 61.0 Å². The van der Waals surface area contributed by atoms with E-state index in [-0.39, 0.29) is 5.92 Å². The minimum Gasteiger partial charge on any atom is -0.303 e. The van der Waals surface area contributed by atoms with Gasteiger partial charge in [0.25, 0.3) is 0 Å². The Labute approximate surface area is 146 Å². The molecule has 0 saturated heterocycles. The molecule has 3 aromatic rings. The van der Waals surface area contributed by atoms with E-state index in [1.807, 2.05) is 80.1 Å². The van der Waals surface area contributed by atoms with E-state index in [0.29, 0.717) is 5.02 Å². The predicted molar refractivity (Wildman–Crippen MR) is 101 cm³/mol. The van der Waals surface area contributed by atoms with Crippen molar-refractivity contribution in [3.63, 3.8) is 0 Å².